The van der Waals surface area contributed by atoms with E-state index in [0.717, 1.165) is 45.4 Å². The second-order valence-electron chi connectivity index (χ2n) is 5.90. The molecule has 4 nitrogen and oxygen atoms in total. The third-order valence-electron chi connectivity index (χ3n) is 4.26. The van der Waals surface area contributed by atoms with Crippen LogP contribution >= 0.6 is 0 Å². The molecule has 2 aliphatic heterocycles. The van der Waals surface area contributed by atoms with E-state index < -0.39 is 0 Å². The lowest BCUT2D eigenvalue weighted by Crippen LogP contribution is -2.43. The van der Waals surface area contributed by atoms with Crippen molar-refractivity contribution >= 4 is 5.91 Å². The van der Waals surface area contributed by atoms with Gasteiger partial charge in [0.05, 0.1) is 0 Å². The van der Waals surface area contributed by atoms with Gasteiger partial charge in [-0.3, -0.25) is 4.79 Å². The first-order valence-electron chi connectivity index (χ1n) is 7.42. The lowest BCUT2D eigenvalue weighted by molar-refractivity contribution is -0.122. The highest BCUT2D eigenvalue weighted by atomic mass is 16.1. The first-order chi connectivity index (χ1) is 8.74. The molecule has 2 saturated heterocycles. The molecule has 104 valence electrons. The number of carbonyl (C=O) groups excluding carboxylic acids is 1. The molecule has 18 heavy (non-hydrogen) atoms. The van der Waals surface area contributed by atoms with E-state index in [0.29, 0.717) is 18.4 Å². The standard InChI is InChI=1S/C14H27N3O/c1-17-9-6-13(7-10-17)16-14(18)5-4-12-3-2-8-15-11-12/h12-13,15H,2-11H2,1H3,(H,16,18). The van der Waals surface area contributed by atoms with Crippen molar-refractivity contribution in [2.45, 2.75) is 44.6 Å². The molecule has 0 aromatic carbocycles. The molecular weight excluding hydrogens is 226 g/mol. The summed E-state index contributed by atoms with van der Waals surface area (Å²) in [5.74, 6) is 0.970. The zero-order valence-corrected chi connectivity index (χ0v) is 11.6. The Morgan fingerprint density at radius 3 is 2.78 bits per heavy atom. The number of nitrogens with one attached hydrogen (secondary N) is 2. The predicted molar refractivity (Wildman–Crippen MR) is 73.5 cm³/mol. The van der Waals surface area contributed by atoms with Gasteiger partial charge in [0, 0.05) is 12.5 Å². The molecule has 2 heterocycles. The lowest BCUT2D eigenvalue weighted by Gasteiger charge is -2.29. The van der Waals surface area contributed by atoms with Crippen LogP contribution in [0.15, 0.2) is 0 Å². The van der Waals surface area contributed by atoms with E-state index >= 15 is 0 Å². The third kappa shape index (κ3) is 4.58. The summed E-state index contributed by atoms with van der Waals surface area (Å²) in [6.45, 7) is 4.47. The second-order valence-corrected chi connectivity index (χ2v) is 5.90. The Kier molecular flexibility index (Phi) is 5.45. The number of hydrogen-bond acceptors (Lipinski definition) is 3. The zero-order valence-electron chi connectivity index (χ0n) is 11.6. The molecule has 0 saturated carbocycles. The largest absolute Gasteiger partial charge is 0.353 e. The molecule has 2 N–H and O–H groups in total. The first kappa shape index (κ1) is 13.8. The monoisotopic (exact) mass is 253 g/mol. The zero-order chi connectivity index (χ0) is 12.8. The highest BCUT2D eigenvalue weighted by Crippen LogP contribution is 2.16. The Labute approximate surface area is 110 Å². The van der Waals surface area contributed by atoms with E-state index in [2.05, 4.69) is 22.6 Å². The number of carbonyl (C=O) groups is 1. The summed E-state index contributed by atoms with van der Waals surface area (Å²) < 4.78 is 0. The van der Waals surface area contributed by atoms with Crippen LogP contribution < -0.4 is 10.6 Å². The number of nitrogens with zero attached hydrogens (tertiary/aromatic N) is 1. The Morgan fingerprint density at radius 1 is 1.33 bits per heavy atom. The molecular formula is C14H27N3O. The van der Waals surface area contributed by atoms with Crippen molar-refractivity contribution in [2.75, 3.05) is 33.2 Å². The Hall–Kier alpha value is -0.610. The summed E-state index contributed by atoms with van der Waals surface area (Å²) in [5.41, 5.74) is 0. The molecule has 2 aliphatic rings. The summed E-state index contributed by atoms with van der Waals surface area (Å²) in [4.78, 5) is 14.2. The van der Waals surface area contributed by atoms with Gasteiger partial charge >= 0.3 is 0 Å². The van der Waals surface area contributed by atoms with Gasteiger partial charge in [-0.15, -0.1) is 0 Å². The smallest absolute Gasteiger partial charge is 0.220 e. The van der Waals surface area contributed by atoms with Crippen molar-refractivity contribution in [3.8, 4) is 0 Å². The van der Waals surface area contributed by atoms with Gasteiger partial charge in [-0.05, 0) is 71.2 Å². The van der Waals surface area contributed by atoms with Crippen LogP contribution in [0.3, 0.4) is 0 Å². The van der Waals surface area contributed by atoms with Crippen molar-refractivity contribution in [1.29, 1.82) is 0 Å². The van der Waals surface area contributed by atoms with Crippen LogP contribution in [-0.2, 0) is 4.79 Å². The molecule has 2 rings (SSSR count). The van der Waals surface area contributed by atoms with Crippen LogP contribution in [-0.4, -0.2) is 50.1 Å². The maximum Gasteiger partial charge on any atom is 0.220 e. The van der Waals surface area contributed by atoms with Gasteiger partial charge in [-0.2, -0.15) is 0 Å². The van der Waals surface area contributed by atoms with Gasteiger partial charge in [0.15, 0.2) is 0 Å². The van der Waals surface area contributed by atoms with E-state index in [-0.39, 0.29) is 5.91 Å². The van der Waals surface area contributed by atoms with Crippen molar-refractivity contribution in [1.82, 2.24) is 15.5 Å². The minimum Gasteiger partial charge on any atom is -0.353 e. The Morgan fingerprint density at radius 2 is 2.11 bits per heavy atom. The third-order valence-corrected chi connectivity index (χ3v) is 4.26. The first-order valence-corrected chi connectivity index (χ1v) is 7.42. The number of likely N-dealkylation sites (tertiary alicyclic amines) is 1. The maximum atomic E-state index is 11.9. The Balaban J connectivity index is 1.59. The van der Waals surface area contributed by atoms with Crippen LogP contribution in [0.2, 0.25) is 0 Å². The molecule has 4 heteroatoms. The normalized spacial score (nSPS) is 27.1. The average Bonchev–Trinajstić information content (AvgIpc) is 2.40. The van der Waals surface area contributed by atoms with E-state index in [4.69, 9.17) is 0 Å². The molecule has 0 spiro atoms. The topological polar surface area (TPSA) is 44.4 Å². The van der Waals surface area contributed by atoms with Crippen LogP contribution in [0.4, 0.5) is 0 Å². The van der Waals surface area contributed by atoms with E-state index in [1.54, 1.807) is 0 Å². The molecule has 1 amide bonds. The summed E-state index contributed by atoms with van der Waals surface area (Å²) in [6.07, 6.45) is 6.51. The van der Waals surface area contributed by atoms with Crippen molar-refractivity contribution in [2.24, 2.45) is 5.92 Å². The maximum absolute atomic E-state index is 11.9. The highest BCUT2D eigenvalue weighted by Gasteiger charge is 2.19. The number of piperidine rings is 2. The predicted octanol–water partition coefficient (Wildman–Crippen LogP) is 0.977. The van der Waals surface area contributed by atoms with Crippen LogP contribution in [0, 0.1) is 5.92 Å². The fourth-order valence-corrected chi connectivity index (χ4v) is 2.96. The molecule has 1 unspecified atom stereocenters. The molecule has 0 aliphatic carbocycles. The number of amides is 1. The van der Waals surface area contributed by atoms with Crippen molar-refractivity contribution < 1.29 is 4.79 Å². The number of hydrogen-bond donors (Lipinski definition) is 2. The fourth-order valence-electron chi connectivity index (χ4n) is 2.96. The molecule has 0 bridgehead atoms. The van der Waals surface area contributed by atoms with Gasteiger partial charge in [-0.1, -0.05) is 0 Å². The van der Waals surface area contributed by atoms with Crippen LogP contribution in [0.25, 0.3) is 0 Å². The second kappa shape index (κ2) is 7.10. The fraction of sp³-hybridized carbons (Fsp3) is 0.929. The molecule has 0 radical (unpaired) electrons. The highest BCUT2D eigenvalue weighted by molar-refractivity contribution is 5.76. The molecule has 0 aromatic heterocycles. The Bertz CT molecular complexity index is 256. The van der Waals surface area contributed by atoms with Gasteiger partial charge in [0.2, 0.25) is 5.91 Å². The van der Waals surface area contributed by atoms with E-state index in [1.807, 2.05) is 0 Å². The lowest BCUT2D eigenvalue weighted by atomic mass is 9.94. The van der Waals surface area contributed by atoms with Gasteiger partial charge in [-0.25, -0.2) is 0 Å². The number of rotatable bonds is 4. The summed E-state index contributed by atoms with van der Waals surface area (Å²) in [7, 11) is 2.15. The van der Waals surface area contributed by atoms with Gasteiger partial charge in [0.1, 0.15) is 0 Å². The summed E-state index contributed by atoms with van der Waals surface area (Å²) in [5, 5.41) is 6.60. The average molecular weight is 253 g/mol. The molecule has 2 fully saturated rings. The van der Waals surface area contributed by atoms with Crippen LogP contribution in [0.1, 0.15) is 38.5 Å². The van der Waals surface area contributed by atoms with E-state index in [1.165, 1.54) is 12.8 Å². The SMILES string of the molecule is CN1CCC(NC(=O)CCC2CCCNC2)CC1. The van der Waals surface area contributed by atoms with Crippen molar-refractivity contribution in [3.05, 3.63) is 0 Å². The molecule has 0 aromatic rings. The minimum atomic E-state index is 0.259. The van der Waals surface area contributed by atoms with Gasteiger partial charge in [0.25, 0.3) is 0 Å². The quantitative estimate of drug-likeness (QED) is 0.785. The van der Waals surface area contributed by atoms with Gasteiger partial charge < -0.3 is 15.5 Å². The van der Waals surface area contributed by atoms with Crippen LogP contribution in [0.5, 0.6) is 0 Å². The summed E-state index contributed by atoms with van der Waals surface area (Å²) in [6, 6.07) is 0.415. The summed E-state index contributed by atoms with van der Waals surface area (Å²) >= 11 is 0. The minimum absolute atomic E-state index is 0.259. The van der Waals surface area contributed by atoms with E-state index in [9.17, 15) is 4.79 Å². The van der Waals surface area contributed by atoms with Crippen molar-refractivity contribution in [3.63, 3.8) is 0 Å². The molecule has 1 atom stereocenters.